The van der Waals surface area contributed by atoms with E-state index >= 15 is 0 Å². The van der Waals surface area contributed by atoms with Crippen molar-refractivity contribution in [2.75, 3.05) is 7.11 Å². The molecule has 14 heavy (non-hydrogen) atoms. The average molecular weight is 215 g/mol. The third kappa shape index (κ3) is 1.40. The fourth-order valence-electron chi connectivity index (χ4n) is 1.22. The van der Waals surface area contributed by atoms with Crippen LogP contribution in [-0.2, 0) is 5.88 Å². The van der Waals surface area contributed by atoms with Gasteiger partial charge < -0.3 is 14.9 Å². The van der Waals surface area contributed by atoms with Gasteiger partial charge in [0.25, 0.3) is 0 Å². The first-order chi connectivity index (χ1) is 6.54. The number of aromatic hydroxyl groups is 2. The summed E-state index contributed by atoms with van der Waals surface area (Å²) in [6.45, 7) is 7.18. The summed E-state index contributed by atoms with van der Waals surface area (Å²) >= 11 is 5.60. The zero-order valence-electron chi connectivity index (χ0n) is 7.80. The monoisotopic (exact) mass is 214 g/mol. The standard InChI is InChI=1S/C10H11ClO3/c1-5-7(4-11)8(12)6(2)10(14-3)9(5)13/h12-13H,1-2,4H2,3H3. The molecule has 0 radical (unpaired) electrons. The Kier molecular flexibility index (Phi) is 2.91. The fraction of sp³-hybridized carbons (Fsp3) is 0.200. The lowest BCUT2D eigenvalue weighted by Gasteiger charge is -2.09. The summed E-state index contributed by atoms with van der Waals surface area (Å²) in [5.74, 6) is -0.0305. The largest absolute Gasteiger partial charge is 0.507 e. The maximum atomic E-state index is 9.64. The molecule has 2 N–H and O–H groups in total. The second-order valence-corrected chi connectivity index (χ2v) is 3.07. The van der Waals surface area contributed by atoms with Crippen LogP contribution in [-0.4, -0.2) is 17.3 Å². The van der Waals surface area contributed by atoms with Gasteiger partial charge in [0.1, 0.15) is 5.75 Å². The molecule has 1 aromatic rings. The molecule has 0 saturated heterocycles. The van der Waals surface area contributed by atoms with Gasteiger partial charge in [-0.15, -0.1) is 11.6 Å². The summed E-state index contributed by atoms with van der Waals surface area (Å²) in [6.07, 6.45) is 0. The molecule has 0 saturated carbocycles. The van der Waals surface area contributed by atoms with Crippen molar-refractivity contribution < 1.29 is 14.9 Å². The van der Waals surface area contributed by atoms with E-state index in [1.54, 1.807) is 0 Å². The van der Waals surface area contributed by atoms with Gasteiger partial charge in [0.05, 0.1) is 18.2 Å². The van der Waals surface area contributed by atoms with Gasteiger partial charge in [0, 0.05) is 10.8 Å². The van der Waals surface area contributed by atoms with Crippen molar-refractivity contribution in [3.05, 3.63) is 16.0 Å². The highest BCUT2D eigenvalue weighted by Crippen LogP contribution is 2.22. The van der Waals surface area contributed by atoms with Crippen LogP contribution in [0.5, 0.6) is 17.2 Å². The molecular weight excluding hydrogens is 204 g/mol. The Bertz CT molecular complexity index is 410. The van der Waals surface area contributed by atoms with E-state index in [1.165, 1.54) is 7.11 Å². The van der Waals surface area contributed by atoms with Crippen molar-refractivity contribution in [2.24, 2.45) is 0 Å². The Labute approximate surface area is 86.5 Å². The van der Waals surface area contributed by atoms with Gasteiger partial charge >= 0.3 is 0 Å². The Hall–Kier alpha value is -1.35. The zero-order valence-corrected chi connectivity index (χ0v) is 8.56. The molecule has 3 nitrogen and oxygen atoms in total. The maximum Gasteiger partial charge on any atom is 0.171 e. The van der Waals surface area contributed by atoms with E-state index in [0.29, 0.717) is 5.56 Å². The molecule has 0 aliphatic heterocycles. The van der Waals surface area contributed by atoms with Crippen LogP contribution in [0, 0.1) is 0 Å². The van der Waals surface area contributed by atoms with E-state index in [-0.39, 0.29) is 33.6 Å². The normalized spacial score (nSPS) is 10.1. The van der Waals surface area contributed by atoms with Crippen LogP contribution < -0.4 is 15.2 Å². The van der Waals surface area contributed by atoms with E-state index in [0.717, 1.165) is 0 Å². The summed E-state index contributed by atoms with van der Waals surface area (Å²) in [4.78, 5) is 0. The predicted octanol–water partition coefficient (Wildman–Crippen LogP) is 0.666. The lowest BCUT2D eigenvalue weighted by molar-refractivity contribution is 0.361. The molecule has 4 heteroatoms. The number of halogens is 1. The van der Waals surface area contributed by atoms with Crippen LogP contribution in [0.1, 0.15) is 5.56 Å². The first-order valence-electron chi connectivity index (χ1n) is 3.89. The van der Waals surface area contributed by atoms with Crippen molar-refractivity contribution in [3.63, 3.8) is 0 Å². The maximum absolute atomic E-state index is 9.64. The number of benzene rings is 1. The summed E-state index contributed by atoms with van der Waals surface area (Å²) in [6, 6.07) is 0. The van der Waals surface area contributed by atoms with Crippen molar-refractivity contribution >= 4 is 24.8 Å². The number of methoxy groups -OCH3 is 1. The molecule has 1 rings (SSSR count). The number of hydrogen-bond acceptors (Lipinski definition) is 3. The van der Waals surface area contributed by atoms with Crippen LogP contribution in [0.15, 0.2) is 0 Å². The first-order valence-corrected chi connectivity index (χ1v) is 4.42. The molecule has 0 bridgehead atoms. The van der Waals surface area contributed by atoms with E-state index in [9.17, 15) is 10.2 Å². The van der Waals surface area contributed by atoms with Crippen LogP contribution in [0.2, 0.25) is 0 Å². The molecule has 76 valence electrons. The van der Waals surface area contributed by atoms with Gasteiger partial charge in [-0.1, -0.05) is 13.2 Å². The highest BCUT2D eigenvalue weighted by Gasteiger charge is 2.13. The number of alkyl halides is 1. The van der Waals surface area contributed by atoms with Crippen LogP contribution in [0.25, 0.3) is 13.2 Å². The van der Waals surface area contributed by atoms with Crippen LogP contribution >= 0.6 is 11.6 Å². The molecule has 0 spiro atoms. The van der Waals surface area contributed by atoms with Gasteiger partial charge in [-0.05, 0) is 0 Å². The zero-order chi connectivity index (χ0) is 10.9. The number of rotatable bonds is 2. The SMILES string of the molecule is C=c1c(O)c(OC)c(=C)c(O)c1CCl. The van der Waals surface area contributed by atoms with Crippen molar-refractivity contribution in [1.29, 1.82) is 0 Å². The predicted molar refractivity (Wildman–Crippen MR) is 56.2 cm³/mol. The van der Waals surface area contributed by atoms with E-state index in [2.05, 4.69) is 13.2 Å². The Morgan fingerprint density at radius 1 is 1.21 bits per heavy atom. The summed E-state index contributed by atoms with van der Waals surface area (Å²) < 4.78 is 4.88. The topological polar surface area (TPSA) is 49.7 Å². The second kappa shape index (κ2) is 3.80. The summed E-state index contributed by atoms with van der Waals surface area (Å²) in [5.41, 5.74) is 0.370. The Morgan fingerprint density at radius 2 is 1.79 bits per heavy atom. The Morgan fingerprint density at radius 3 is 2.21 bits per heavy atom. The number of phenols is 2. The number of hydrogen-bond donors (Lipinski definition) is 2. The molecule has 0 fully saturated rings. The van der Waals surface area contributed by atoms with Crippen molar-refractivity contribution in [3.8, 4) is 17.2 Å². The Balaban J connectivity index is 3.73. The van der Waals surface area contributed by atoms with E-state index in [1.807, 2.05) is 0 Å². The average Bonchev–Trinajstić information content (AvgIpc) is 2.17. The quantitative estimate of drug-likeness (QED) is 0.562. The molecule has 0 aliphatic rings. The molecule has 0 unspecified atom stereocenters. The molecule has 1 aromatic carbocycles. The van der Waals surface area contributed by atoms with Gasteiger partial charge in [0.15, 0.2) is 11.5 Å². The molecule has 0 heterocycles. The third-order valence-electron chi connectivity index (χ3n) is 2.05. The van der Waals surface area contributed by atoms with Gasteiger partial charge in [0.2, 0.25) is 0 Å². The third-order valence-corrected chi connectivity index (χ3v) is 2.32. The fourth-order valence-corrected chi connectivity index (χ4v) is 1.51. The van der Waals surface area contributed by atoms with Crippen molar-refractivity contribution in [2.45, 2.75) is 5.88 Å². The van der Waals surface area contributed by atoms with Gasteiger partial charge in [-0.25, -0.2) is 0 Å². The smallest absolute Gasteiger partial charge is 0.171 e. The minimum Gasteiger partial charge on any atom is -0.507 e. The highest BCUT2D eigenvalue weighted by molar-refractivity contribution is 6.17. The van der Waals surface area contributed by atoms with Crippen LogP contribution in [0.3, 0.4) is 0 Å². The van der Waals surface area contributed by atoms with Crippen LogP contribution in [0.4, 0.5) is 0 Å². The molecule has 0 aromatic heterocycles. The van der Waals surface area contributed by atoms with E-state index < -0.39 is 0 Å². The molecule has 0 aliphatic carbocycles. The highest BCUT2D eigenvalue weighted by atomic mass is 35.5. The lowest BCUT2D eigenvalue weighted by Crippen LogP contribution is -2.17. The van der Waals surface area contributed by atoms with E-state index in [4.69, 9.17) is 16.3 Å². The lowest BCUT2D eigenvalue weighted by atomic mass is 10.1. The number of ether oxygens (including phenoxy) is 1. The van der Waals surface area contributed by atoms with Crippen molar-refractivity contribution in [1.82, 2.24) is 0 Å². The molecular formula is C10H11ClO3. The minimum absolute atomic E-state index is 0.0603. The van der Waals surface area contributed by atoms with Gasteiger partial charge in [-0.2, -0.15) is 0 Å². The summed E-state index contributed by atoms with van der Waals surface area (Å²) in [7, 11) is 1.38. The minimum atomic E-state index is -0.133. The molecule has 0 amide bonds. The molecule has 0 atom stereocenters. The van der Waals surface area contributed by atoms with Gasteiger partial charge in [-0.3, -0.25) is 0 Å². The second-order valence-electron chi connectivity index (χ2n) is 2.80. The summed E-state index contributed by atoms with van der Waals surface area (Å²) in [5, 5.41) is 19.7. The first kappa shape index (κ1) is 10.7. The number of phenolic OH excluding ortho intramolecular Hbond substituents is 2.